The number of aromatic nitrogens is 1. The molecular formula is C20H19N3OS. The summed E-state index contributed by atoms with van der Waals surface area (Å²) in [5.41, 5.74) is 3.37. The number of aliphatic hydroxyl groups excluding tert-OH is 1. The topological polar surface area (TPSA) is 48.4 Å². The summed E-state index contributed by atoms with van der Waals surface area (Å²) in [5.74, 6) is 0. The van der Waals surface area contributed by atoms with Crippen molar-refractivity contribution in [1.82, 2.24) is 4.98 Å². The number of hydrogen-bond donors (Lipinski definition) is 2. The maximum absolute atomic E-state index is 9.44. The number of rotatable bonds is 3. The summed E-state index contributed by atoms with van der Waals surface area (Å²) in [6, 6.07) is 16.5. The fraction of sp³-hybridized carbons (Fsp3) is 0.200. The molecule has 25 heavy (non-hydrogen) atoms. The molecule has 0 saturated heterocycles. The highest BCUT2D eigenvalue weighted by Crippen LogP contribution is 2.34. The average Bonchev–Trinajstić information content (AvgIpc) is 3.00. The number of nitrogens with zero attached hydrogens (tertiary/aromatic N) is 2. The highest BCUT2D eigenvalue weighted by atomic mass is 32.1. The Labute approximate surface area is 152 Å². The Morgan fingerprint density at radius 3 is 2.96 bits per heavy atom. The van der Waals surface area contributed by atoms with Gasteiger partial charge in [-0.25, -0.2) is 0 Å². The van der Waals surface area contributed by atoms with Gasteiger partial charge in [-0.3, -0.25) is 4.98 Å². The zero-order valence-electron chi connectivity index (χ0n) is 13.7. The van der Waals surface area contributed by atoms with Gasteiger partial charge in [0, 0.05) is 47.2 Å². The molecule has 3 aromatic rings. The van der Waals surface area contributed by atoms with Gasteiger partial charge in [0.25, 0.3) is 0 Å². The number of hydrogen-bond acceptors (Lipinski definition) is 3. The molecule has 0 amide bonds. The van der Waals surface area contributed by atoms with Gasteiger partial charge in [-0.2, -0.15) is 0 Å². The zero-order chi connectivity index (χ0) is 17.2. The lowest BCUT2D eigenvalue weighted by molar-refractivity contribution is 0.277. The summed E-state index contributed by atoms with van der Waals surface area (Å²) < 4.78 is 0. The van der Waals surface area contributed by atoms with E-state index in [4.69, 9.17) is 12.2 Å². The molecule has 126 valence electrons. The molecule has 4 rings (SSSR count). The van der Waals surface area contributed by atoms with Crippen molar-refractivity contribution in [3.05, 3.63) is 66.5 Å². The molecule has 1 aliphatic heterocycles. The van der Waals surface area contributed by atoms with Crippen LogP contribution in [0.25, 0.3) is 10.8 Å². The molecule has 2 heterocycles. The minimum atomic E-state index is 0.151. The SMILES string of the molecule is OCC[C@@H]1Cc2ccccc2N1C(=S)Nc1cccc2cnccc12. The smallest absolute Gasteiger partial charge is 0.178 e. The van der Waals surface area contributed by atoms with Crippen LogP contribution in [0.5, 0.6) is 0 Å². The van der Waals surface area contributed by atoms with E-state index in [-0.39, 0.29) is 12.6 Å². The monoisotopic (exact) mass is 349 g/mol. The van der Waals surface area contributed by atoms with E-state index < -0.39 is 0 Å². The van der Waals surface area contributed by atoms with Crippen LogP contribution in [-0.4, -0.2) is 27.9 Å². The minimum absolute atomic E-state index is 0.151. The summed E-state index contributed by atoms with van der Waals surface area (Å²) in [6.45, 7) is 0.151. The molecule has 0 fully saturated rings. The van der Waals surface area contributed by atoms with Gasteiger partial charge in [0.2, 0.25) is 0 Å². The van der Waals surface area contributed by atoms with Crippen LogP contribution in [0.1, 0.15) is 12.0 Å². The average molecular weight is 349 g/mol. The van der Waals surface area contributed by atoms with Crippen molar-refractivity contribution in [2.45, 2.75) is 18.9 Å². The minimum Gasteiger partial charge on any atom is -0.396 e. The van der Waals surface area contributed by atoms with Gasteiger partial charge in [0.1, 0.15) is 0 Å². The molecule has 0 aliphatic carbocycles. The van der Waals surface area contributed by atoms with Crippen LogP contribution < -0.4 is 10.2 Å². The number of para-hydroxylation sites is 1. The maximum atomic E-state index is 9.44. The third kappa shape index (κ3) is 2.97. The van der Waals surface area contributed by atoms with Gasteiger partial charge in [0.05, 0.1) is 0 Å². The Bertz CT molecular complexity index is 922. The molecule has 5 heteroatoms. The molecule has 2 aromatic carbocycles. The van der Waals surface area contributed by atoms with Crippen LogP contribution in [0.2, 0.25) is 0 Å². The molecule has 0 unspecified atom stereocenters. The van der Waals surface area contributed by atoms with Crippen molar-refractivity contribution >= 4 is 39.5 Å². The van der Waals surface area contributed by atoms with E-state index in [0.717, 1.165) is 28.6 Å². The summed E-state index contributed by atoms with van der Waals surface area (Å²) >= 11 is 5.74. The van der Waals surface area contributed by atoms with Gasteiger partial charge in [0.15, 0.2) is 5.11 Å². The summed E-state index contributed by atoms with van der Waals surface area (Å²) in [7, 11) is 0. The van der Waals surface area contributed by atoms with Gasteiger partial charge < -0.3 is 15.3 Å². The first-order valence-electron chi connectivity index (χ1n) is 8.39. The van der Waals surface area contributed by atoms with Gasteiger partial charge in [-0.05, 0) is 48.8 Å². The number of benzene rings is 2. The standard InChI is InChI=1S/C20H19N3OS/c24-11-9-16-12-14-4-1-2-7-19(14)23(16)20(25)22-18-6-3-5-15-13-21-10-8-17(15)18/h1-8,10,13,16,24H,9,11-12H2,(H,22,25)/t16-/m1/s1. The van der Waals surface area contributed by atoms with Gasteiger partial charge in [-0.1, -0.05) is 30.3 Å². The molecule has 4 nitrogen and oxygen atoms in total. The molecule has 1 aliphatic rings. The van der Waals surface area contributed by atoms with E-state index in [9.17, 15) is 5.11 Å². The van der Waals surface area contributed by atoms with Crippen molar-refractivity contribution in [2.24, 2.45) is 0 Å². The molecule has 0 bridgehead atoms. The molecular weight excluding hydrogens is 330 g/mol. The number of pyridine rings is 1. The highest BCUT2D eigenvalue weighted by molar-refractivity contribution is 7.80. The van der Waals surface area contributed by atoms with Gasteiger partial charge in [-0.15, -0.1) is 0 Å². The molecule has 1 atom stereocenters. The third-order valence-corrected chi connectivity index (χ3v) is 4.97. The first kappa shape index (κ1) is 16.0. The van der Waals surface area contributed by atoms with Crippen LogP contribution in [0, 0.1) is 0 Å². The van der Waals surface area contributed by atoms with Crippen molar-refractivity contribution in [3.63, 3.8) is 0 Å². The Balaban J connectivity index is 1.67. The molecule has 1 aromatic heterocycles. The first-order valence-corrected chi connectivity index (χ1v) is 8.80. The Morgan fingerprint density at radius 2 is 2.08 bits per heavy atom. The van der Waals surface area contributed by atoms with Gasteiger partial charge >= 0.3 is 0 Å². The maximum Gasteiger partial charge on any atom is 0.178 e. The molecule has 2 N–H and O–H groups in total. The van der Waals surface area contributed by atoms with Crippen molar-refractivity contribution in [1.29, 1.82) is 0 Å². The second kappa shape index (κ2) is 6.78. The van der Waals surface area contributed by atoms with E-state index >= 15 is 0 Å². The largest absolute Gasteiger partial charge is 0.396 e. The second-order valence-electron chi connectivity index (χ2n) is 6.20. The fourth-order valence-electron chi connectivity index (χ4n) is 3.52. The lowest BCUT2D eigenvalue weighted by Gasteiger charge is -2.28. The summed E-state index contributed by atoms with van der Waals surface area (Å²) in [6.07, 6.45) is 5.23. The predicted octanol–water partition coefficient (Wildman–Crippen LogP) is 3.75. The summed E-state index contributed by atoms with van der Waals surface area (Å²) in [4.78, 5) is 6.32. The molecule has 0 radical (unpaired) electrons. The van der Waals surface area contributed by atoms with E-state index in [1.807, 2.05) is 42.6 Å². The highest BCUT2D eigenvalue weighted by Gasteiger charge is 2.31. The quantitative estimate of drug-likeness (QED) is 0.706. The van der Waals surface area contributed by atoms with E-state index in [1.165, 1.54) is 5.56 Å². The van der Waals surface area contributed by atoms with Crippen molar-refractivity contribution < 1.29 is 5.11 Å². The van der Waals surface area contributed by atoms with Crippen LogP contribution in [0.3, 0.4) is 0 Å². The van der Waals surface area contributed by atoms with Crippen LogP contribution >= 0.6 is 12.2 Å². The lowest BCUT2D eigenvalue weighted by Crippen LogP contribution is -2.41. The number of nitrogens with one attached hydrogen (secondary N) is 1. The molecule has 0 spiro atoms. The summed E-state index contributed by atoms with van der Waals surface area (Å²) in [5, 5.41) is 15.7. The first-order chi connectivity index (χ1) is 12.3. The zero-order valence-corrected chi connectivity index (χ0v) is 14.5. The van der Waals surface area contributed by atoms with Crippen LogP contribution in [0.15, 0.2) is 60.9 Å². The normalized spacial score (nSPS) is 16.0. The van der Waals surface area contributed by atoms with Crippen molar-refractivity contribution in [3.8, 4) is 0 Å². The number of aliphatic hydroxyl groups is 1. The number of anilines is 2. The van der Waals surface area contributed by atoms with Crippen LogP contribution in [-0.2, 0) is 6.42 Å². The Kier molecular flexibility index (Phi) is 4.34. The lowest BCUT2D eigenvalue weighted by atomic mass is 10.1. The van der Waals surface area contributed by atoms with E-state index in [2.05, 4.69) is 27.3 Å². The number of fused-ring (bicyclic) bond motifs is 2. The van der Waals surface area contributed by atoms with E-state index in [0.29, 0.717) is 11.5 Å². The van der Waals surface area contributed by atoms with Crippen molar-refractivity contribution in [2.75, 3.05) is 16.8 Å². The third-order valence-electron chi connectivity index (χ3n) is 4.68. The predicted molar refractivity (Wildman–Crippen MR) is 106 cm³/mol. The van der Waals surface area contributed by atoms with E-state index in [1.54, 1.807) is 6.20 Å². The van der Waals surface area contributed by atoms with Crippen LogP contribution in [0.4, 0.5) is 11.4 Å². The second-order valence-corrected chi connectivity index (χ2v) is 6.59. The Hall–Kier alpha value is -2.50. The fourth-order valence-corrected chi connectivity index (χ4v) is 3.88. The Morgan fingerprint density at radius 1 is 1.20 bits per heavy atom. The number of thiocarbonyl (C=S) groups is 1. The molecule has 0 saturated carbocycles.